The van der Waals surface area contributed by atoms with Gasteiger partial charge < -0.3 is 25.4 Å². The lowest BCUT2D eigenvalue weighted by Gasteiger charge is -2.38. The van der Waals surface area contributed by atoms with Crippen LogP contribution >= 0.6 is 0 Å². The van der Waals surface area contributed by atoms with Gasteiger partial charge in [0.2, 0.25) is 5.91 Å². The van der Waals surface area contributed by atoms with Crippen molar-refractivity contribution in [2.45, 2.75) is 83.5 Å². The predicted octanol–water partition coefficient (Wildman–Crippen LogP) is 8.56. The first-order valence-electron chi connectivity index (χ1n) is 16.5. The fourth-order valence-electron chi connectivity index (χ4n) is 7.16. The zero-order chi connectivity index (χ0) is 33.7. The summed E-state index contributed by atoms with van der Waals surface area (Å²) in [5, 5.41) is 9.35. The number of nitrogens with zero attached hydrogens (tertiary/aromatic N) is 1. The van der Waals surface area contributed by atoms with Gasteiger partial charge in [-0.25, -0.2) is 4.98 Å². The number of ether oxygens (including phenoxy) is 2. The van der Waals surface area contributed by atoms with E-state index in [1.807, 2.05) is 24.4 Å². The van der Waals surface area contributed by atoms with Gasteiger partial charge in [0, 0.05) is 41.8 Å². The van der Waals surface area contributed by atoms with Gasteiger partial charge in [-0.2, -0.15) is 0 Å². The summed E-state index contributed by atoms with van der Waals surface area (Å²) in [6.45, 7) is 19.0. The van der Waals surface area contributed by atoms with E-state index >= 15 is 0 Å². The second kappa shape index (κ2) is 14.6. The standard InChI is InChI=1S/C38H46N4O4Si/c1-8-36(43)41-33-11-9-29(21-28(33)16-20-47(24(2)3,25(4)5)26(6)7)38(44)40-30-10-12-35-34(22-30)42-37-32(23-46-35)31(13-17-39-37)27-14-18-45-19-15-27/h8-13,17,21-22,24-27H,1,14-15,18-19,23H2,2-7H3,(H,39,42)(H,40,44)(H,41,43). The third-order valence-electron chi connectivity index (χ3n) is 9.62. The Hall–Kier alpha value is -4.39. The summed E-state index contributed by atoms with van der Waals surface area (Å²) in [6, 6.07) is 12.8. The summed E-state index contributed by atoms with van der Waals surface area (Å²) >= 11 is 0. The van der Waals surface area contributed by atoms with Gasteiger partial charge in [0.1, 0.15) is 26.2 Å². The molecule has 0 aliphatic carbocycles. The Balaban J connectivity index is 1.42. The van der Waals surface area contributed by atoms with E-state index in [9.17, 15) is 9.59 Å². The molecule has 1 fully saturated rings. The van der Waals surface area contributed by atoms with E-state index in [1.165, 1.54) is 11.6 Å². The van der Waals surface area contributed by atoms with Crippen LogP contribution in [0.25, 0.3) is 0 Å². The molecule has 0 spiro atoms. The third-order valence-corrected chi connectivity index (χ3v) is 15.9. The zero-order valence-corrected chi connectivity index (χ0v) is 29.3. The minimum Gasteiger partial charge on any atom is -0.487 e. The molecule has 3 aromatic rings. The topological polar surface area (TPSA) is 102 Å². The molecule has 0 saturated carbocycles. The summed E-state index contributed by atoms with van der Waals surface area (Å²) in [5.74, 6) is 4.66. The Morgan fingerprint density at radius 2 is 1.72 bits per heavy atom. The van der Waals surface area contributed by atoms with Crippen LogP contribution in [-0.2, 0) is 16.1 Å². The second-order valence-electron chi connectivity index (χ2n) is 13.3. The van der Waals surface area contributed by atoms with Crippen molar-refractivity contribution in [3.05, 3.63) is 83.6 Å². The Bertz CT molecular complexity index is 1690. The molecular formula is C38H46N4O4Si. The molecular weight excluding hydrogens is 605 g/mol. The van der Waals surface area contributed by atoms with Crippen LogP contribution in [0.5, 0.6) is 5.75 Å². The number of amides is 2. The van der Waals surface area contributed by atoms with Crippen LogP contribution in [0.1, 0.15) is 87.4 Å². The van der Waals surface area contributed by atoms with Gasteiger partial charge in [0.05, 0.1) is 11.4 Å². The summed E-state index contributed by atoms with van der Waals surface area (Å²) in [6.07, 6.45) is 5.02. The molecule has 0 radical (unpaired) electrons. The van der Waals surface area contributed by atoms with E-state index in [1.54, 1.807) is 18.2 Å². The number of carbonyl (C=O) groups excluding carboxylic acids is 2. The molecule has 1 aromatic heterocycles. The molecule has 2 aromatic carbocycles. The average Bonchev–Trinajstić information content (AvgIpc) is 3.24. The highest BCUT2D eigenvalue weighted by Gasteiger charge is 2.41. The normalized spacial score (nSPS) is 14.6. The Kier molecular flexibility index (Phi) is 10.5. The van der Waals surface area contributed by atoms with Crippen molar-refractivity contribution in [3.63, 3.8) is 0 Å². The summed E-state index contributed by atoms with van der Waals surface area (Å²) in [4.78, 5) is 30.5. The molecule has 2 aliphatic heterocycles. The number of anilines is 4. The monoisotopic (exact) mass is 650 g/mol. The number of carbonyl (C=O) groups is 2. The number of hydrogen-bond acceptors (Lipinski definition) is 6. The van der Waals surface area contributed by atoms with Gasteiger partial charge in [0.15, 0.2) is 0 Å². The van der Waals surface area contributed by atoms with E-state index in [0.29, 0.717) is 57.4 Å². The van der Waals surface area contributed by atoms with E-state index in [2.05, 4.69) is 86.6 Å². The van der Waals surface area contributed by atoms with E-state index in [0.717, 1.165) is 43.1 Å². The number of fused-ring (bicyclic) bond motifs is 2. The number of rotatable bonds is 8. The molecule has 3 N–H and O–H groups in total. The lowest BCUT2D eigenvalue weighted by molar-refractivity contribution is -0.111. The Labute approximate surface area is 279 Å². The fourth-order valence-corrected chi connectivity index (χ4v) is 12.4. The smallest absolute Gasteiger partial charge is 0.255 e. The summed E-state index contributed by atoms with van der Waals surface area (Å²) in [7, 11) is -2.07. The Morgan fingerprint density at radius 3 is 2.40 bits per heavy atom. The lowest BCUT2D eigenvalue weighted by atomic mass is 9.89. The van der Waals surface area contributed by atoms with Crippen LogP contribution < -0.4 is 20.7 Å². The Morgan fingerprint density at radius 1 is 1.00 bits per heavy atom. The molecule has 1 saturated heterocycles. The highest BCUT2D eigenvalue weighted by Crippen LogP contribution is 2.41. The van der Waals surface area contributed by atoms with Crippen molar-refractivity contribution in [2.75, 3.05) is 29.2 Å². The van der Waals surface area contributed by atoms with E-state index in [-0.39, 0.29) is 11.8 Å². The zero-order valence-electron chi connectivity index (χ0n) is 28.3. The molecule has 8 nitrogen and oxygen atoms in total. The second-order valence-corrected chi connectivity index (χ2v) is 18.9. The maximum Gasteiger partial charge on any atom is 0.255 e. The van der Waals surface area contributed by atoms with Crippen molar-refractivity contribution in [1.29, 1.82) is 0 Å². The van der Waals surface area contributed by atoms with Crippen molar-refractivity contribution in [3.8, 4) is 17.2 Å². The van der Waals surface area contributed by atoms with Crippen LogP contribution in [0.2, 0.25) is 16.6 Å². The average molecular weight is 651 g/mol. The van der Waals surface area contributed by atoms with Crippen molar-refractivity contribution < 1.29 is 19.1 Å². The summed E-state index contributed by atoms with van der Waals surface area (Å²) in [5.41, 5.74) is 10.3. The molecule has 47 heavy (non-hydrogen) atoms. The fraction of sp³-hybridized carbons (Fsp3) is 0.395. The first-order valence-corrected chi connectivity index (χ1v) is 18.8. The number of pyridine rings is 1. The van der Waals surface area contributed by atoms with Crippen LogP contribution in [-0.4, -0.2) is 38.1 Å². The quantitative estimate of drug-likeness (QED) is 0.128. The van der Waals surface area contributed by atoms with Gasteiger partial charge in [-0.1, -0.05) is 54.0 Å². The van der Waals surface area contributed by atoms with Crippen molar-refractivity contribution >= 4 is 42.8 Å². The van der Waals surface area contributed by atoms with Gasteiger partial charge in [-0.15, -0.1) is 5.54 Å². The number of benzene rings is 2. The molecule has 2 amide bonds. The first-order chi connectivity index (χ1) is 22.5. The SMILES string of the molecule is C=CC(=O)Nc1ccc(C(=O)Nc2ccc3c(c2)Nc2nccc(C4CCOCC4)c2CO3)cc1C#C[Si](C(C)C)(C(C)C)C(C)C. The summed E-state index contributed by atoms with van der Waals surface area (Å²) < 4.78 is 11.8. The molecule has 0 bridgehead atoms. The molecule has 0 atom stereocenters. The number of nitrogens with one attached hydrogen (secondary N) is 3. The number of hydrogen-bond donors (Lipinski definition) is 3. The maximum absolute atomic E-state index is 13.6. The van der Waals surface area contributed by atoms with Crippen LogP contribution in [0.3, 0.4) is 0 Å². The third kappa shape index (κ3) is 7.29. The van der Waals surface area contributed by atoms with Crippen molar-refractivity contribution in [2.24, 2.45) is 0 Å². The predicted molar refractivity (Wildman–Crippen MR) is 192 cm³/mol. The largest absolute Gasteiger partial charge is 0.487 e. The highest BCUT2D eigenvalue weighted by atomic mass is 28.3. The van der Waals surface area contributed by atoms with Gasteiger partial charge in [0.25, 0.3) is 5.91 Å². The molecule has 5 rings (SSSR count). The van der Waals surface area contributed by atoms with Crippen LogP contribution in [0.4, 0.5) is 22.9 Å². The molecule has 3 heterocycles. The van der Waals surface area contributed by atoms with Crippen LogP contribution in [0.15, 0.2) is 61.3 Å². The minimum atomic E-state index is -2.07. The number of aromatic nitrogens is 1. The van der Waals surface area contributed by atoms with E-state index < -0.39 is 8.07 Å². The van der Waals surface area contributed by atoms with Crippen LogP contribution in [0, 0.1) is 11.5 Å². The van der Waals surface area contributed by atoms with Gasteiger partial charge in [-0.3, -0.25) is 9.59 Å². The molecule has 9 heteroatoms. The van der Waals surface area contributed by atoms with Crippen molar-refractivity contribution in [1.82, 2.24) is 4.98 Å². The van der Waals surface area contributed by atoms with E-state index in [4.69, 9.17) is 9.47 Å². The molecule has 0 unspecified atom stereocenters. The molecule has 246 valence electrons. The lowest BCUT2D eigenvalue weighted by Crippen LogP contribution is -2.43. The maximum atomic E-state index is 13.6. The molecule has 2 aliphatic rings. The van der Waals surface area contributed by atoms with Gasteiger partial charge in [-0.05, 0) is 89.5 Å². The highest BCUT2D eigenvalue weighted by molar-refractivity contribution is 6.90. The minimum absolute atomic E-state index is 0.287. The van der Waals surface area contributed by atoms with Gasteiger partial charge >= 0.3 is 0 Å². The first kappa shape index (κ1) is 34.0.